The number of unbranched alkanes of at least 4 members (excludes halogenated alkanes) is 10. The molecule has 0 saturated heterocycles. The van der Waals surface area contributed by atoms with Gasteiger partial charge in [0.25, 0.3) is 7.82 Å². The first kappa shape index (κ1) is 26.0. The molecule has 0 spiro atoms. The molecule has 0 radical (unpaired) electrons. The summed E-state index contributed by atoms with van der Waals surface area (Å²) in [4.78, 5) is 11.5. The van der Waals surface area contributed by atoms with Crippen molar-refractivity contribution >= 4 is 7.82 Å². The first-order chi connectivity index (χ1) is 10.1. The van der Waals surface area contributed by atoms with Crippen molar-refractivity contribution in [1.29, 1.82) is 0 Å². The van der Waals surface area contributed by atoms with Crippen molar-refractivity contribution in [1.82, 2.24) is 0 Å². The van der Waals surface area contributed by atoms with E-state index in [4.69, 9.17) is 9.05 Å². The van der Waals surface area contributed by atoms with Gasteiger partial charge in [-0.1, -0.05) is 78.1 Å². The monoisotopic (exact) mass is 360 g/mol. The molecule has 0 aromatic carbocycles. The molecule has 0 heterocycles. The summed E-state index contributed by atoms with van der Waals surface area (Å²) >= 11 is 0. The van der Waals surface area contributed by atoms with Crippen molar-refractivity contribution in [2.75, 3.05) is 13.2 Å². The third kappa shape index (κ3) is 19.8. The maximum absolute atomic E-state index is 11.5. The van der Waals surface area contributed by atoms with Crippen molar-refractivity contribution in [3.63, 3.8) is 0 Å². The van der Waals surface area contributed by atoms with E-state index in [1.807, 2.05) is 0 Å². The fraction of sp³-hybridized carbons (Fsp3) is 1.00. The van der Waals surface area contributed by atoms with Gasteiger partial charge in [0.05, 0.1) is 13.2 Å². The summed E-state index contributed by atoms with van der Waals surface area (Å²) in [5.74, 6) is 0. The SMILES string of the molecule is CCCCCCCCOP(=O)([O-])OCCCCCCCC.[K+]. The van der Waals surface area contributed by atoms with Gasteiger partial charge in [0.2, 0.25) is 0 Å². The van der Waals surface area contributed by atoms with Crippen LogP contribution in [0.15, 0.2) is 0 Å². The van der Waals surface area contributed by atoms with Crippen molar-refractivity contribution in [3.05, 3.63) is 0 Å². The summed E-state index contributed by atoms with van der Waals surface area (Å²) in [5.41, 5.74) is 0. The second kappa shape index (κ2) is 19.1. The van der Waals surface area contributed by atoms with E-state index in [-0.39, 0.29) is 64.6 Å². The first-order valence-corrected chi connectivity index (χ1v) is 10.2. The van der Waals surface area contributed by atoms with Crippen molar-refractivity contribution in [2.24, 2.45) is 0 Å². The van der Waals surface area contributed by atoms with Gasteiger partial charge < -0.3 is 13.9 Å². The van der Waals surface area contributed by atoms with Crippen LogP contribution >= 0.6 is 7.82 Å². The number of hydrogen-bond donors (Lipinski definition) is 0. The Morgan fingerprint density at radius 3 is 1.36 bits per heavy atom. The molecule has 128 valence electrons. The van der Waals surface area contributed by atoms with E-state index >= 15 is 0 Å². The zero-order valence-electron chi connectivity index (χ0n) is 15.0. The molecule has 0 aliphatic heterocycles. The Morgan fingerprint density at radius 1 is 0.682 bits per heavy atom. The largest absolute Gasteiger partial charge is 1.00 e. The molecule has 0 amide bonds. The van der Waals surface area contributed by atoms with E-state index in [0.717, 1.165) is 38.5 Å². The molecule has 0 aliphatic rings. The zero-order valence-corrected chi connectivity index (χ0v) is 19.0. The predicted octanol–water partition coefficient (Wildman–Crippen LogP) is 2.21. The number of phosphoric ester groups is 1. The average molecular weight is 361 g/mol. The van der Waals surface area contributed by atoms with Crippen LogP contribution in [0.25, 0.3) is 0 Å². The number of hydrogen-bond acceptors (Lipinski definition) is 4. The molecule has 0 N–H and O–H groups in total. The summed E-state index contributed by atoms with van der Waals surface area (Å²) in [6.45, 7) is 4.86. The smallest absolute Gasteiger partial charge is 0.756 e. The summed E-state index contributed by atoms with van der Waals surface area (Å²) < 4.78 is 21.2. The van der Waals surface area contributed by atoms with Gasteiger partial charge in [-0.05, 0) is 12.8 Å². The third-order valence-corrected chi connectivity index (χ3v) is 4.49. The minimum atomic E-state index is -4.07. The van der Waals surface area contributed by atoms with Crippen molar-refractivity contribution in [2.45, 2.75) is 90.9 Å². The molecule has 0 fully saturated rings. The van der Waals surface area contributed by atoms with Gasteiger partial charge in [-0.2, -0.15) is 0 Å². The predicted molar refractivity (Wildman–Crippen MR) is 86.3 cm³/mol. The topological polar surface area (TPSA) is 58.6 Å². The normalized spacial score (nSPS) is 11.4. The molecular weight excluding hydrogens is 326 g/mol. The molecule has 0 aromatic rings. The van der Waals surface area contributed by atoms with Gasteiger partial charge in [0.1, 0.15) is 0 Å². The van der Waals surface area contributed by atoms with Crippen LogP contribution in [0, 0.1) is 0 Å². The molecule has 0 saturated carbocycles. The standard InChI is InChI=1S/C16H35O4P.K/c1-3-5-7-9-11-13-15-19-21(17,18)20-16-14-12-10-8-6-4-2;/h3-16H2,1-2H3,(H,17,18);/q;+1/p-1. The second-order valence-corrected chi connectivity index (χ2v) is 7.06. The average Bonchev–Trinajstić information content (AvgIpc) is 2.45. The molecule has 0 aliphatic carbocycles. The Kier molecular flexibility index (Phi) is 22.5. The van der Waals surface area contributed by atoms with E-state index in [1.165, 1.54) is 38.5 Å². The van der Waals surface area contributed by atoms with Gasteiger partial charge in [-0.3, -0.25) is 4.57 Å². The fourth-order valence-corrected chi connectivity index (χ4v) is 2.93. The molecule has 0 atom stereocenters. The Morgan fingerprint density at radius 2 is 1.00 bits per heavy atom. The van der Waals surface area contributed by atoms with E-state index in [0.29, 0.717) is 0 Å². The van der Waals surface area contributed by atoms with E-state index in [2.05, 4.69) is 13.8 Å². The minimum Gasteiger partial charge on any atom is -0.756 e. The Labute approximate surface area is 180 Å². The molecular formula is C16H34KO4P. The van der Waals surface area contributed by atoms with Crippen LogP contribution in [-0.2, 0) is 13.6 Å². The van der Waals surface area contributed by atoms with Gasteiger partial charge in [0, 0.05) is 0 Å². The molecule has 4 nitrogen and oxygen atoms in total. The van der Waals surface area contributed by atoms with Crippen LogP contribution in [0.5, 0.6) is 0 Å². The molecule has 22 heavy (non-hydrogen) atoms. The van der Waals surface area contributed by atoms with E-state index < -0.39 is 7.82 Å². The van der Waals surface area contributed by atoms with E-state index in [1.54, 1.807) is 0 Å². The number of rotatable bonds is 16. The van der Waals surface area contributed by atoms with Crippen LogP contribution in [-0.4, -0.2) is 13.2 Å². The molecule has 0 rings (SSSR count). The molecule has 0 bridgehead atoms. The minimum absolute atomic E-state index is 0. The first-order valence-electron chi connectivity index (χ1n) is 8.72. The van der Waals surface area contributed by atoms with Gasteiger partial charge in [-0.15, -0.1) is 0 Å². The molecule has 6 heteroatoms. The van der Waals surface area contributed by atoms with Gasteiger partial charge in [-0.25, -0.2) is 0 Å². The second-order valence-electron chi connectivity index (χ2n) is 5.65. The Balaban J connectivity index is 0. The maximum Gasteiger partial charge on any atom is 1.00 e. The van der Waals surface area contributed by atoms with Crippen LogP contribution in [0.4, 0.5) is 0 Å². The summed E-state index contributed by atoms with van der Waals surface area (Å²) in [6.07, 6.45) is 13.3. The van der Waals surface area contributed by atoms with Crippen LogP contribution in [0.2, 0.25) is 0 Å². The fourth-order valence-electron chi connectivity index (χ4n) is 2.15. The zero-order chi connectivity index (χ0) is 15.8. The third-order valence-electron chi connectivity index (χ3n) is 3.49. The van der Waals surface area contributed by atoms with Gasteiger partial charge >= 0.3 is 51.4 Å². The van der Waals surface area contributed by atoms with Crippen molar-refractivity contribution in [3.8, 4) is 0 Å². The summed E-state index contributed by atoms with van der Waals surface area (Å²) in [7, 11) is -4.07. The number of phosphoric acid groups is 1. The Bertz CT molecular complexity index is 243. The summed E-state index contributed by atoms with van der Waals surface area (Å²) in [6, 6.07) is 0. The van der Waals surface area contributed by atoms with Gasteiger partial charge in [0.15, 0.2) is 0 Å². The Hall–Kier alpha value is 1.75. The maximum atomic E-state index is 11.5. The van der Waals surface area contributed by atoms with Crippen LogP contribution < -0.4 is 56.3 Å². The molecule has 0 aromatic heterocycles. The van der Waals surface area contributed by atoms with Crippen LogP contribution in [0.1, 0.15) is 90.9 Å². The summed E-state index contributed by atoms with van der Waals surface area (Å²) in [5, 5.41) is 0. The van der Waals surface area contributed by atoms with E-state index in [9.17, 15) is 9.46 Å². The van der Waals surface area contributed by atoms with Crippen molar-refractivity contribution < 1.29 is 69.9 Å². The quantitative estimate of drug-likeness (QED) is 0.241. The van der Waals surface area contributed by atoms with Crippen LogP contribution in [0.3, 0.4) is 0 Å². The molecule has 0 unspecified atom stereocenters.